The normalized spacial score (nSPS) is 14.5. The van der Waals surface area contributed by atoms with Gasteiger partial charge in [-0.15, -0.1) is 0 Å². The molecule has 0 aliphatic heterocycles. The first-order valence-electron chi connectivity index (χ1n) is 16.5. The van der Waals surface area contributed by atoms with E-state index in [1.165, 1.54) is 24.3 Å². The highest BCUT2D eigenvalue weighted by Crippen LogP contribution is 2.14. The summed E-state index contributed by atoms with van der Waals surface area (Å²) in [5, 5.41) is 33.8. The van der Waals surface area contributed by atoms with E-state index in [4.69, 9.17) is 5.11 Å². The molecule has 1 rings (SSSR count). The maximum atomic E-state index is 13.5. The van der Waals surface area contributed by atoms with Crippen molar-refractivity contribution in [3.63, 3.8) is 0 Å². The van der Waals surface area contributed by atoms with Crippen LogP contribution in [0.25, 0.3) is 0 Å². The van der Waals surface area contributed by atoms with Gasteiger partial charge in [0.25, 0.3) is 5.91 Å². The van der Waals surface area contributed by atoms with Crippen LogP contribution in [0.4, 0.5) is 0 Å². The fraction of sp³-hybridized carbons (Fsp3) is 0.647. The lowest BCUT2D eigenvalue weighted by Crippen LogP contribution is -2.57. The number of carbonyl (C=O) groups excluding carboxylic acids is 5. The molecule has 0 unspecified atom stereocenters. The summed E-state index contributed by atoms with van der Waals surface area (Å²) < 4.78 is 0. The fourth-order valence-corrected chi connectivity index (χ4v) is 5.03. The van der Waals surface area contributed by atoms with E-state index in [0.29, 0.717) is 19.4 Å². The van der Waals surface area contributed by atoms with Crippen molar-refractivity contribution in [1.29, 1.82) is 0 Å². The van der Waals surface area contributed by atoms with Gasteiger partial charge in [-0.05, 0) is 68.2 Å². The van der Waals surface area contributed by atoms with Crippen molar-refractivity contribution < 1.29 is 39.0 Å². The standard InChI is InChI=1S/C34H55N5O8/c1-9-11-24(36-32(44)26(17-20(5)6)38-30(42)22-12-14-23(15-13-22)34(46)47)31(43)37-25(16-19(3)4)27(40)18-28(41)39-29(21(7)8)33(45)35-10-2/h12-15,19-21,24-27,29,40H,9-11,16-18H2,1-8H3,(H,35,45)(H,36,44)(H,37,43)(H,38,42)(H,39,41)(H,46,47)/t24-,25-,26-,27-,29-/m0/s1. The van der Waals surface area contributed by atoms with Gasteiger partial charge < -0.3 is 36.8 Å². The van der Waals surface area contributed by atoms with Gasteiger partial charge in [0.1, 0.15) is 18.1 Å². The summed E-state index contributed by atoms with van der Waals surface area (Å²) in [5.41, 5.74) is 0.201. The second kappa shape index (κ2) is 20.3. The van der Waals surface area contributed by atoms with E-state index < -0.39 is 59.9 Å². The number of carbonyl (C=O) groups is 6. The maximum absolute atomic E-state index is 13.5. The minimum absolute atomic E-state index is 0.0129. The molecule has 0 aliphatic rings. The third-order valence-corrected chi connectivity index (χ3v) is 7.46. The van der Waals surface area contributed by atoms with Crippen LogP contribution in [0.5, 0.6) is 0 Å². The third-order valence-electron chi connectivity index (χ3n) is 7.46. The molecule has 0 spiro atoms. The van der Waals surface area contributed by atoms with Crippen LogP contribution in [0.2, 0.25) is 0 Å². The average Bonchev–Trinajstić information content (AvgIpc) is 2.98. The van der Waals surface area contributed by atoms with Crippen LogP contribution in [-0.2, 0) is 19.2 Å². The summed E-state index contributed by atoms with van der Waals surface area (Å²) in [6.45, 7) is 15.2. The predicted molar refractivity (Wildman–Crippen MR) is 178 cm³/mol. The Bertz CT molecular complexity index is 1200. The smallest absolute Gasteiger partial charge is 0.335 e. The molecule has 0 bridgehead atoms. The molecule has 0 fully saturated rings. The predicted octanol–water partition coefficient (Wildman–Crippen LogP) is 2.37. The highest BCUT2D eigenvalue weighted by molar-refractivity contribution is 5.99. The fourth-order valence-electron chi connectivity index (χ4n) is 5.03. The zero-order valence-electron chi connectivity index (χ0n) is 29.0. The minimum atomic E-state index is -1.26. The molecular formula is C34H55N5O8. The van der Waals surface area contributed by atoms with Crippen molar-refractivity contribution >= 4 is 35.5 Å². The molecule has 47 heavy (non-hydrogen) atoms. The number of benzene rings is 1. The van der Waals surface area contributed by atoms with Crippen LogP contribution in [-0.4, -0.2) is 82.5 Å². The molecule has 1 aromatic carbocycles. The van der Waals surface area contributed by atoms with Gasteiger partial charge in [-0.25, -0.2) is 4.79 Å². The number of aliphatic hydroxyl groups excluding tert-OH is 1. The van der Waals surface area contributed by atoms with Gasteiger partial charge in [-0.3, -0.25) is 24.0 Å². The average molecular weight is 662 g/mol. The van der Waals surface area contributed by atoms with Crippen molar-refractivity contribution in [2.45, 2.75) is 118 Å². The van der Waals surface area contributed by atoms with E-state index >= 15 is 0 Å². The summed E-state index contributed by atoms with van der Waals surface area (Å²) in [4.78, 5) is 76.4. The quantitative estimate of drug-likeness (QED) is 0.110. The highest BCUT2D eigenvalue weighted by atomic mass is 16.4. The largest absolute Gasteiger partial charge is 0.478 e. The Morgan fingerprint density at radius 3 is 1.74 bits per heavy atom. The SMILES string of the molecule is CCC[C@H](NC(=O)[C@H](CC(C)C)NC(=O)c1ccc(C(=O)O)cc1)C(=O)N[C@@H](CC(C)C)[C@@H](O)CC(=O)N[C@H](C(=O)NCC)C(C)C. The Balaban J connectivity index is 3.07. The van der Waals surface area contributed by atoms with E-state index in [0.717, 1.165) is 0 Å². The van der Waals surface area contributed by atoms with Crippen molar-refractivity contribution in [2.75, 3.05) is 6.54 Å². The van der Waals surface area contributed by atoms with Gasteiger partial charge in [-0.1, -0.05) is 54.9 Å². The number of hydrogen-bond acceptors (Lipinski definition) is 7. The van der Waals surface area contributed by atoms with Gasteiger partial charge in [0.2, 0.25) is 23.6 Å². The Hall–Kier alpha value is -4.00. The zero-order valence-corrected chi connectivity index (χ0v) is 29.0. The number of carboxylic acid groups (broad SMARTS) is 1. The molecule has 13 heteroatoms. The summed E-state index contributed by atoms with van der Waals surface area (Å²) >= 11 is 0. The number of nitrogens with one attached hydrogen (secondary N) is 5. The number of carboxylic acids is 1. The van der Waals surface area contributed by atoms with Crippen LogP contribution in [0.1, 0.15) is 108 Å². The molecule has 0 heterocycles. The van der Waals surface area contributed by atoms with Crippen molar-refractivity contribution in [1.82, 2.24) is 26.6 Å². The van der Waals surface area contributed by atoms with Crippen LogP contribution in [0.3, 0.4) is 0 Å². The molecule has 7 N–H and O–H groups in total. The number of amides is 5. The number of hydrogen-bond donors (Lipinski definition) is 7. The molecule has 0 saturated heterocycles. The first-order chi connectivity index (χ1) is 22.0. The molecule has 0 aliphatic carbocycles. The summed E-state index contributed by atoms with van der Waals surface area (Å²) in [6.07, 6.45) is -0.148. The van der Waals surface area contributed by atoms with Crippen molar-refractivity contribution in [3.05, 3.63) is 35.4 Å². The van der Waals surface area contributed by atoms with E-state index in [2.05, 4.69) is 26.6 Å². The monoisotopic (exact) mass is 661 g/mol. The van der Waals surface area contributed by atoms with E-state index in [1.54, 1.807) is 20.8 Å². The molecular weight excluding hydrogens is 606 g/mol. The van der Waals surface area contributed by atoms with Crippen LogP contribution < -0.4 is 26.6 Å². The van der Waals surface area contributed by atoms with E-state index in [1.807, 2.05) is 34.6 Å². The summed E-state index contributed by atoms with van der Waals surface area (Å²) in [5.74, 6) is -3.77. The molecule has 0 saturated carbocycles. The van der Waals surface area contributed by atoms with E-state index in [9.17, 15) is 33.9 Å². The number of aromatic carboxylic acids is 1. The van der Waals surface area contributed by atoms with Crippen LogP contribution >= 0.6 is 0 Å². The van der Waals surface area contributed by atoms with Crippen LogP contribution in [0, 0.1) is 17.8 Å². The van der Waals surface area contributed by atoms with Gasteiger partial charge in [0.05, 0.1) is 24.1 Å². The Morgan fingerprint density at radius 2 is 1.26 bits per heavy atom. The highest BCUT2D eigenvalue weighted by Gasteiger charge is 2.32. The summed E-state index contributed by atoms with van der Waals surface area (Å²) in [6, 6.07) is 1.77. The second-order valence-corrected chi connectivity index (χ2v) is 13.1. The molecule has 1 aromatic rings. The number of aliphatic hydroxyl groups is 1. The molecule has 0 radical (unpaired) electrons. The Morgan fingerprint density at radius 1 is 0.702 bits per heavy atom. The zero-order chi connectivity index (χ0) is 35.8. The van der Waals surface area contributed by atoms with Gasteiger partial charge in [0.15, 0.2) is 0 Å². The summed E-state index contributed by atoms with van der Waals surface area (Å²) in [7, 11) is 0. The number of likely N-dealkylation sites (N-methyl/N-ethyl adjacent to an activating group) is 1. The topological polar surface area (TPSA) is 203 Å². The van der Waals surface area contributed by atoms with Crippen molar-refractivity contribution in [2.24, 2.45) is 17.8 Å². The first-order valence-corrected chi connectivity index (χ1v) is 16.5. The molecule has 5 atom stereocenters. The van der Waals surface area contributed by atoms with Gasteiger partial charge in [-0.2, -0.15) is 0 Å². The lowest BCUT2D eigenvalue weighted by molar-refractivity contribution is -0.132. The third kappa shape index (κ3) is 14.5. The molecule has 264 valence electrons. The first kappa shape index (κ1) is 41.0. The second-order valence-electron chi connectivity index (χ2n) is 13.1. The van der Waals surface area contributed by atoms with Gasteiger partial charge in [0, 0.05) is 12.1 Å². The Labute approximate surface area is 278 Å². The molecule has 13 nitrogen and oxygen atoms in total. The van der Waals surface area contributed by atoms with Crippen molar-refractivity contribution in [3.8, 4) is 0 Å². The molecule has 0 aromatic heterocycles. The molecule has 5 amide bonds. The minimum Gasteiger partial charge on any atom is -0.478 e. The van der Waals surface area contributed by atoms with E-state index in [-0.39, 0.29) is 54.1 Å². The lowest BCUT2D eigenvalue weighted by atomic mass is 9.95. The Kier molecular flexibility index (Phi) is 17.7. The van der Waals surface area contributed by atoms with Gasteiger partial charge >= 0.3 is 5.97 Å². The van der Waals surface area contributed by atoms with Crippen LogP contribution in [0.15, 0.2) is 24.3 Å². The maximum Gasteiger partial charge on any atom is 0.335 e. The number of rotatable bonds is 20. The lowest BCUT2D eigenvalue weighted by Gasteiger charge is -2.29.